The van der Waals surface area contributed by atoms with Gasteiger partial charge >= 0.3 is 0 Å². The number of aromatic nitrogens is 2. The van der Waals surface area contributed by atoms with Crippen molar-refractivity contribution in [3.8, 4) is 5.69 Å². The predicted molar refractivity (Wildman–Crippen MR) is 125 cm³/mol. The number of nitrogens with one attached hydrogen (secondary N) is 1. The summed E-state index contributed by atoms with van der Waals surface area (Å²) in [6.07, 6.45) is 2.52. The van der Waals surface area contributed by atoms with E-state index in [9.17, 15) is 9.59 Å². The zero-order valence-corrected chi connectivity index (χ0v) is 18.6. The number of hydrogen-bond donors (Lipinski definition) is 1. The smallest absolute Gasteiger partial charge is 0.257 e. The summed E-state index contributed by atoms with van der Waals surface area (Å²) in [5.41, 5.74) is 4.39. The third kappa shape index (κ3) is 4.73. The second-order valence-electron chi connectivity index (χ2n) is 8.02. The molecule has 1 N–H and O–H groups in total. The fourth-order valence-corrected chi connectivity index (χ4v) is 4.07. The van der Waals surface area contributed by atoms with Crippen LogP contribution in [-0.2, 0) is 11.2 Å². The lowest BCUT2D eigenvalue weighted by atomic mass is 10.1. The van der Waals surface area contributed by atoms with Crippen molar-refractivity contribution in [3.05, 3.63) is 77.6 Å². The summed E-state index contributed by atoms with van der Waals surface area (Å²) in [7, 11) is 0. The highest BCUT2D eigenvalue weighted by Gasteiger charge is 2.26. The number of nitrogens with zero attached hydrogens (tertiary/aromatic N) is 4. The van der Waals surface area contributed by atoms with E-state index in [-0.39, 0.29) is 11.8 Å². The van der Waals surface area contributed by atoms with Crippen LogP contribution in [0.3, 0.4) is 0 Å². The molecule has 1 aliphatic rings. The molecule has 0 saturated carbocycles. The summed E-state index contributed by atoms with van der Waals surface area (Å²) in [5.74, 6) is -0.0312. The monoisotopic (exact) mass is 431 g/mol. The number of benzene rings is 2. The van der Waals surface area contributed by atoms with E-state index in [0.29, 0.717) is 38.3 Å². The van der Waals surface area contributed by atoms with Gasteiger partial charge in [0.2, 0.25) is 5.91 Å². The van der Waals surface area contributed by atoms with Crippen LogP contribution in [0.15, 0.2) is 60.8 Å². The topological polar surface area (TPSA) is 70.5 Å². The highest BCUT2D eigenvalue weighted by molar-refractivity contribution is 5.95. The molecule has 1 fully saturated rings. The van der Waals surface area contributed by atoms with Gasteiger partial charge in [0, 0.05) is 31.9 Å². The van der Waals surface area contributed by atoms with Crippen LogP contribution in [0.1, 0.15) is 28.5 Å². The Balaban J connectivity index is 1.32. The number of carbonyl (C=O) groups is 2. The first-order valence-corrected chi connectivity index (χ1v) is 11.1. The Morgan fingerprint density at radius 1 is 0.969 bits per heavy atom. The van der Waals surface area contributed by atoms with Gasteiger partial charge in [0.25, 0.3) is 5.91 Å². The Morgan fingerprint density at radius 3 is 2.38 bits per heavy atom. The molecular weight excluding hydrogens is 402 g/mol. The molecule has 3 aromatic rings. The average Bonchev–Trinajstić information content (AvgIpc) is 3.21. The second-order valence-corrected chi connectivity index (χ2v) is 8.02. The van der Waals surface area contributed by atoms with E-state index >= 15 is 0 Å². The quantitative estimate of drug-likeness (QED) is 0.651. The van der Waals surface area contributed by atoms with E-state index in [1.807, 2.05) is 66.4 Å². The largest absolute Gasteiger partial charge is 0.336 e. The first kappa shape index (κ1) is 21.8. The fourth-order valence-electron chi connectivity index (χ4n) is 4.07. The summed E-state index contributed by atoms with van der Waals surface area (Å²) < 4.78 is 1.79. The molecule has 1 saturated heterocycles. The van der Waals surface area contributed by atoms with Crippen molar-refractivity contribution < 1.29 is 9.59 Å². The maximum absolute atomic E-state index is 13.1. The Bertz CT molecular complexity index is 1080. The highest BCUT2D eigenvalue weighted by atomic mass is 16.2. The van der Waals surface area contributed by atoms with Crippen molar-refractivity contribution >= 4 is 17.5 Å². The zero-order valence-electron chi connectivity index (χ0n) is 18.6. The molecule has 0 aliphatic carbocycles. The van der Waals surface area contributed by atoms with Gasteiger partial charge in [0.15, 0.2) is 0 Å². The van der Waals surface area contributed by atoms with Crippen molar-refractivity contribution in [3.63, 3.8) is 0 Å². The maximum atomic E-state index is 13.1. The molecule has 2 heterocycles. The number of para-hydroxylation sites is 2. The van der Waals surface area contributed by atoms with E-state index in [0.717, 1.165) is 29.1 Å². The standard InChI is InChI=1S/C25H29N5O2/c1-3-20-9-7-8-12-23(20)27-24(31)18-28-13-15-29(16-14-28)25(32)22-17-26-30(19(22)2)21-10-5-4-6-11-21/h4-12,17H,3,13-16,18H2,1-2H3,(H,27,31). The summed E-state index contributed by atoms with van der Waals surface area (Å²) in [4.78, 5) is 29.5. The summed E-state index contributed by atoms with van der Waals surface area (Å²) >= 11 is 0. The lowest BCUT2D eigenvalue weighted by molar-refractivity contribution is -0.117. The first-order valence-electron chi connectivity index (χ1n) is 11.1. The third-order valence-corrected chi connectivity index (χ3v) is 5.94. The summed E-state index contributed by atoms with van der Waals surface area (Å²) in [6, 6.07) is 17.7. The van der Waals surface area contributed by atoms with Gasteiger partial charge in [-0.15, -0.1) is 0 Å². The van der Waals surface area contributed by atoms with E-state index < -0.39 is 0 Å². The molecule has 1 aliphatic heterocycles. The molecule has 2 aromatic carbocycles. The Kier molecular flexibility index (Phi) is 6.66. The number of rotatable bonds is 6. The molecule has 1 aromatic heterocycles. The van der Waals surface area contributed by atoms with Crippen LogP contribution >= 0.6 is 0 Å². The van der Waals surface area contributed by atoms with Gasteiger partial charge < -0.3 is 10.2 Å². The van der Waals surface area contributed by atoms with Crippen LogP contribution in [0, 0.1) is 6.92 Å². The number of amides is 2. The first-order chi connectivity index (χ1) is 15.6. The highest BCUT2D eigenvalue weighted by Crippen LogP contribution is 2.18. The Hall–Kier alpha value is -3.45. The fraction of sp³-hybridized carbons (Fsp3) is 0.320. The van der Waals surface area contributed by atoms with Gasteiger partial charge in [-0.25, -0.2) is 4.68 Å². The van der Waals surface area contributed by atoms with E-state index in [1.165, 1.54) is 0 Å². The van der Waals surface area contributed by atoms with E-state index in [2.05, 4.69) is 22.2 Å². The zero-order chi connectivity index (χ0) is 22.5. The molecule has 0 spiro atoms. The van der Waals surface area contributed by atoms with Crippen molar-refractivity contribution in [2.24, 2.45) is 0 Å². The number of aryl methyl sites for hydroxylation is 1. The summed E-state index contributed by atoms with van der Waals surface area (Å²) in [5, 5.41) is 7.44. The molecule has 7 heteroatoms. The van der Waals surface area contributed by atoms with Crippen LogP contribution < -0.4 is 5.32 Å². The third-order valence-electron chi connectivity index (χ3n) is 5.94. The minimum absolute atomic E-state index is 0.00865. The molecule has 2 amide bonds. The van der Waals surface area contributed by atoms with Crippen molar-refractivity contribution in [1.29, 1.82) is 0 Å². The lowest BCUT2D eigenvalue weighted by Gasteiger charge is -2.34. The maximum Gasteiger partial charge on any atom is 0.257 e. The molecule has 0 unspecified atom stereocenters. The minimum atomic E-state index is -0.0225. The minimum Gasteiger partial charge on any atom is -0.336 e. The van der Waals surface area contributed by atoms with Crippen LogP contribution in [0.5, 0.6) is 0 Å². The molecule has 4 rings (SSSR count). The van der Waals surface area contributed by atoms with Gasteiger partial charge in [0.05, 0.1) is 29.7 Å². The van der Waals surface area contributed by atoms with Gasteiger partial charge in [-0.1, -0.05) is 43.3 Å². The molecule has 0 radical (unpaired) electrons. The van der Waals surface area contributed by atoms with E-state index in [4.69, 9.17) is 0 Å². The summed E-state index contributed by atoms with van der Waals surface area (Å²) in [6.45, 7) is 6.83. The lowest BCUT2D eigenvalue weighted by Crippen LogP contribution is -2.50. The molecule has 0 atom stereocenters. The number of anilines is 1. The van der Waals surface area contributed by atoms with Crippen molar-refractivity contribution in [2.45, 2.75) is 20.3 Å². The van der Waals surface area contributed by atoms with Crippen molar-refractivity contribution in [1.82, 2.24) is 19.6 Å². The molecule has 166 valence electrons. The van der Waals surface area contributed by atoms with Crippen LogP contribution in [-0.4, -0.2) is 64.1 Å². The number of piperazine rings is 1. The van der Waals surface area contributed by atoms with Gasteiger partial charge in [0.1, 0.15) is 0 Å². The van der Waals surface area contributed by atoms with Crippen molar-refractivity contribution in [2.75, 3.05) is 38.0 Å². The molecule has 7 nitrogen and oxygen atoms in total. The SMILES string of the molecule is CCc1ccccc1NC(=O)CN1CCN(C(=O)c2cnn(-c3ccccc3)c2C)CC1. The van der Waals surface area contributed by atoms with E-state index in [1.54, 1.807) is 10.9 Å². The Morgan fingerprint density at radius 2 is 1.66 bits per heavy atom. The second kappa shape index (κ2) is 9.78. The van der Waals surface area contributed by atoms with Gasteiger partial charge in [-0.05, 0) is 37.1 Å². The number of hydrogen-bond acceptors (Lipinski definition) is 4. The Labute approximate surface area is 188 Å². The number of carbonyl (C=O) groups excluding carboxylic acids is 2. The van der Waals surface area contributed by atoms with Crippen LogP contribution in [0.25, 0.3) is 5.69 Å². The normalized spacial score (nSPS) is 14.4. The molecular formula is C25H29N5O2. The average molecular weight is 432 g/mol. The molecule has 0 bridgehead atoms. The van der Waals surface area contributed by atoms with Gasteiger partial charge in [-0.3, -0.25) is 14.5 Å². The predicted octanol–water partition coefficient (Wildman–Crippen LogP) is 3.14. The van der Waals surface area contributed by atoms with Crippen LogP contribution in [0.4, 0.5) is 5.69 Å². The van der Waals surface area contributed by atoms with Crippen LogP contribution in [0.2, 0.25) is 0 Å². The van der Waals surface area contributed by atoms with Gasteiger partial charge in [-0.2, -0.15) is 5.10 Å². The molecule has 32 heavy (non-hydrogen) atoms.